The first-order valence-corrected chi connectivity index (χ1v) is 9.04. The number of nitrogens with zero attached hydrogens (tertiary/aromatic N) is 4. The Hall–Kier alpha value is -3.31. The maximum absolute atomic E-state index is 11.1. The molecule has 10 nitrogen and oxygen atoms in total. The number of hydrogen-bond acceptors (Lipinski definition) is 6. The van der Waals surface area contributed by atoms with Crippen LogP contribution in [0.5, 0.6) is 5.75 Å². The predicted octanol–water partition coefficient (Wildman–Crippen LogP) is 0.469. The van der Waals surface area contributed by atoms with Gasteiger partial charge >= 0.3 is 11.8 Å². The van der Waals surface area contributed by atoms with E-state index in [1.54, 1.807) is 31.3 Å². The number of hydrogen-bond donors (Lipinski definition) is 2. The van der Waals surface area contributed by atoms with E-state index in [9.17, 15) is 13.2 Å². The summed E-state index contributed by atoms with van der Waals surface area (Å²) in [6.07, 6.45) is 0. The van der Waals surface area contributed by atoms with Crippen LogP contribution < -0.4 is 9.53 Å². The smallest absolute Gasteiger partial charge is 0.341 e. The van der Waals surface area contributed by atoms with Gasteiger partial charge in [-0.25, -0.2) is 4.79 Å². The number of aromatic nitrogens is 4. The average Bonchev–Trinajstić information content (AvgIpc) is 3.01. The molecule has 1 aromatic heterocycles. The highest BCUT2D eigenvalue weighted by Crippen LogP contribution is 2.20. The molecule has 0 atom stereocenters. The second kappa shape index (κ2) is 7.13. The molecule has 1 heterocycles. The van der Waals surface area contributed by atoms with Crippen LogP contribution in [-0.2, 0) is 22.0 Å². The number of aliphatic carboxylic acids is 1. The quantitative estimate of drug-likeness (QED) is 0.457. The standard InChI is InChI=1S/C16H14N4O6S/c1-19-17-16(11-3-2-4-13(9-11)26-10-15(21)22)18-20(19)12-5-7-14(8-6-12)27(23,24)25/h2-9H,10H2,1H3,(H-,21,22,23,24,25)/p+1. The van der Waals surface area contributed by atoms with Gasteiger partial charge in [0.2, 0.25) is 0 Å². The van der Waals surface area contributed by atoms with Gasteiger partial charge in [0, 0.05) is 0 Å². The molecule has 0 spiro atoms. The normalized spacial score (nSPS) is 11.3. The Kier molecular flexibility index (Phi) is 4.88. The van der Waals surface area contributed by atoms with Crippen molar-refractivity contribution in [1.29, 1.82) is 0 Å². The van der Waals surface area contributed by atoms with Crippen LogP contribution in [0.3, 0.4) is 0 Å². The van der Waals surface area contributed by atoms with E-state index in [2.05, 4.69) is 10.2 Å². The van der Waals surface area contributed by atoms with Gasteiger partial charge in [-0.1, -0.05) is 6.07 Å². The highest BCUT2D eigenvalue weighted by atomic mass is 32.2. The summed E-state index contributed by atoms with van der Waals surface area (Å²) < 4.78 is 36.5. The van der Waals surface area contributed by atoms with Gasteiger partial charge in [0.15, 0.2) is 12.3 Å². The lowest BCUT2D eigenvalue weighted by Crippen LogP contribution is -2.42. The van der Waals surface area contributed by atoms with E-state index < -0.39 is 22.7 Å². The summed E-state index contributed by atoms with van der Waals surface area (Å²) in [5.41, 5.74) is 1.14. The highest BCUT2D eigenvalue weighted by molar-refractivity contribution is 7.85. The van der Waals surface area contributed by atoms with E-state index in [1.807, 2.05) is 0 Å². The number of carbonyl (C=O) groups is 1. The van der Waals surface area contributed by atoms with Crippen LogP contribution in [0.2, 0.25) is 0 Å². The first kappa shape index (κ1) is 18.5. The molecule has 0 amide bonds. The topological polar surface area (TPSA) is 135 Å². The minimum absolute atomic E-state index is 0.225. The summed E-state index contributed by atoms with van der Waals surface area (Å²) >= 11 is 0. The second-order valence-electron chi connectivity index (χ2n) is 5.48. The van der Waals surface area contributed by atoms with Crippen molar-refractivity contribution >= 4 is 16.1 Å². The number of benzene rings is 2. The molecule has 140 valence electrons. The molecule has 2 N–H and O–H groups in total. The summed E-state index contributed by atoms with van der Waals surface area (Å²) in [7, 11) is -2.62. The maximum atomic E-state index is 11.1. The van der Waals surface area contributed by atoms with E-state index in [4.69, 9.17) is 14.4 Å². The molecule has 2 aromatic carbocycles. The van der Waals surface area contributed by atoms with E-state index in [0.717, 1.165) is 0 Å². The average molecular weight is 391 g/mol. The maximum Gasteiger partial charge on any atom is 0.341 e. The van der Waals surface area contributed by atoms with Crippen molar-refractivity contribution in [1.82, 2.24) is 15.0 Å². The molecular formula is C16H15N4O6S+. The summed E-state index contributed by atoms with van der Waals surface area (Å²) in [5, 5.41) is 17.3. The van der Waals surface area contributed by atoms with Crippen molar-refractivity contribution in [2.75, 3.05) is 6.61 Å². The third kappa shape index (κ3) is 4.27. The second-order valence-corrected chi connectivity index (χ2v) is 6.90. The zero-order valence-electron chi connectivity index (χ0n) is 14.1. The number of ether oxygens (including phenoxy) is 1. The molecule has 0 fully saturated rings. The highest BCUT2D eigenvalue weighted by Gasteiger charge is 2.20. The van der Waals surface area contributed by atoms with Crippen LogP contribution in [0.4, 0.5) is 0 Å². The Morgan fingerprint density at radius 2 is 1.93 bits per heavy atom. The summed E-state index contributed by atoms with van der Waals surface area (Å²) in [6.45, 7) is -0.459. The largest absolute Gasteiger partial charge is 0.482 e. The number of tetrazole rings is 1. The fraction of sp³-hybridized carbons (Fsp3) is 0.125. The van der Waals surface area contributed by atoms with Gasteiger partial charge < -0.3 is 9.84 Å². The molecule has 0 aliphatic carbocycles. The van der Waals surface area contributed by atoms with E-state index >= 15 is 0 Å². The van der Waals surface area contributed by atoms with Gasteiger partial charge in [0.05, 0.1) is 22.6 Å². The van der Waals surface area contributed by atoms with Gasteiger partial charge in [0.25, 0.3) is 10.1 Å². The lowest BCUT2D eigenvalue weighted by molar-refractivity contribution is -0.741. The van der Waals surface area contributed by atoms with Gasteiger partial charge in [-0.3, -0.25) is 4.55 Å². The fourth-order valence-corrected chi connectivity index (χ4v) is 2.80. The molecule has 0 saturated heterocycles. The first-order chi connectivity index (χ1) is 12.7. The molecule has 0 unspecified atom stereocenters. The number of rotatable bonds is 6. The van der Waals surface area contributed by atoms with Gasteiger partial charge in [-0.05, 0) is 57.2 Å². The lowest BCUT2D eigenvalue weighted by Gasteiger charge is -2.02. The molecule has 11 heteroatoms. The monoisotopic (exact) mass is 391 g/mol. The first-order valence-electron chi connectivity index (χ1n) is 7.60. The summed E-state index contributed by atoms with van der Waals surface area (Å²) in [4.78, 5) is 13.3. The summed E-state index contributed by atoms with van der Waals surface area (Å²) in [6, 6.07) is 12.1. The van der Waals surface area contributed by atoms with E-state index in [-0.39, 0.29) is 4.90 Å². The molecule has 3 rings (SSSR count). The van der Waals surface area contributed by atoms with Crippen LogP contribution >= 0.6 is 0 Å². The minimum Gasteiger partial charge on any atom is -0.482 e. The van der Waals surface area contributed by atoms with Gasteiger partial charge in [0.1, 0.15) is 5.75 Å². The molecule has 0 saturated carbocycles. The van der Waals surface area contributed by atoms with Crippen molar-refractivity contribution < 1.29 is 32.4 Å². The van der Waals surface area contributed by atoms with Crippen LogP contribution in [-0.4, -0.2) is 45.6 Å². The number of carboxylic acids is 1. The Labute approximate surface area is 154 Å². The zero-order chi connectivity index (χ0) is 19.6. The summed E-state index contributed by atoms with van der Waals surface area (Å²) in [5.74, 6) is -0.355. The Morgan fingerprint density at radius 1 is 1.22 bits per heavy atom. The van der Waals surface area contributed by atoms with E-state index in [0.29, 0.717) is 22.8 Å². The molecule has 3 aromatic rings. The predicted molar refractivity (Wildman–Crippen MR) is 90.9 cm³/mol. The van der Waals surface area contributed by atoms with Crippen LogP contribution in [0, 0.1) is 0 Å². The Morgan fingerprint density at radius 3 is 2.56 bits per heavy atom. The molecular weight excluding hydrogens is 376 g/mol. The lowest BCUT2D eigenvalue weighted by atomic mass is 10.2. The van der Waals surface area contributed by atoms with Crippen molar-refractivity contribution in [3.8, 4) is 22.8 Å². The molecule has 0 aliphatic rings. The molecule has 0 aliphatic heterocycles. The van der Waals surface area contributed by atoms with Crippen LogP contribution in [0.15, 0.2) is 53.4 Å². The SMILES string of the molecule is Cn1nc(-c2cccc(OCC(=O)O)c2)n[n+]1-c1ccc(S(=O)(=O)O)cc1. The van der Waals surface area contributed by atoms with Crippen molar-refractivity contribution in [2.45, 2.75) is 4.90 Å². The third-order valence-electron chi connectivity index (χ3n) is 3.52. The Bertz CT molecular complexity index is 1090. The molecule has 27 heavy (non-hydrogen) atoms. The molecule has 0 radical (unpaired) electrons. The Balaban J connectivity index is 1.91. The minimum atomic E-state index is -4.27. The van der Waals surface area contributed by atoms with Crippen LogP contribution in [0.25, 0.3) is 17.1 Å². The third-order valence-corrected chi connectivity index (χ3v) is 4.39. The fourth-order valence-electron chi connectivity index (χ4n) is 2.32. The zero-order valence-corrected chi connectivity index (χ0v) is 14.9. The van der Waals surface area contributed by atoms with E-state index in [1.165, 1.54) is 33.9 Å². The van der Waals surface area contributed by atoms with Crippen molar-refractivity contribution in [3.05, 3.63) is 48.5 Å². The van der Waals surface area contributed by atoms with Crippen LogP contribution in [0.1, 0.15) is 0 Å². The van der Waals surface area contributed by atoms with Gasteiger partial charge in [-0.15, -0.1) is 0 Å². The molecule has 0 bridgehead atoms. The number of carboxylic acid groups (broad SMARTS) is 1. The van der Waals surface area contributed by atoms with Crippen molar-refractivity contribution in [2.24, 2.45) is 7.05 Å². The number of aryl methyl sites for hydroxylation is 1. The van der Waals surface area contributed by atoms with Crippen molar-refractivity contribution in [3.63, 3.8) is 0 Å². The van der Waals surface area contributed by atoms with Gasteiger partial charge in [-0.2, -0.15) is 8.42 Å².